The number of aromatic nitrogens is 3. The van der Waals surface area contributed by atoms with E-state index in [0.29, 0.717) is 0 Å². The van der Waals surface area contributed by atoms with Crippen molar-refractivity contribution in [1.82, 2.24) is 20.5 Å². The molecule has 0 radical (unpaired) electrons. The first-order valence-electron chi connectivity index (χ1n) is 5.70. The highest BCUT2D eigenvalue weighted by atomic mass is 32.1. The topological polar surface area (TPSA) is 53.6 Å². The average molecular weight is 250 g/mol. The Morgan fingerprint density at radius 3 is 2.71 bits per heavy atom. The van der Waals surface area contributed by atoms with Gasteiger partial charge in [0, 0.05) is 16.3 Å². The van der Waals surface area contributed by atoms with Gasteiger partial charge in [-0.3, -0.25) is 5.10 Å². The third-order valence-corrected chi connectivity index (χ3v) is 3.97. The van der Waals surface area contributed by atoms with Gasteiger partial charge in [0.15, 0.2) is 0 Å². The molecule has 2 rings (SSSR count). The van der Waals surface area contributed by atoms with Crippen molar-refractivity contribution in [2.75, 3.05) is 0 Å². The Labute approximate surface area is 105 Å². The second-order valence-corrected chi connectivity index (χ2v) is 6.22. The fraction of sp³-hybridized carbons (Fsp3) is 0.500. The second-order valence-electron chi connectivity index (χ2n) is 5.05. The van der Waals surface area contributed by atoms with E-state index < -0.39 is 0 Å². The average Bonchev–Trinajstić information content (AvgIpc) is 2.86. The van der Waals surface area contributed by atoms with Gasteiger partial charge in [-0.15, -0.1) is 11.3 Å². The van der Waals surface area contributed by atoms with Crippen LogP contribution in [0.15, 0.2) is 18.5 Å². The monoisotopic (exact) mass is 250 g/mol. The van der Waals surface area contributed by atoms with Crippen LogP contribution in [0.3, 0.4) is 0 Å². The minimum absolute atomic E-state index is 0.244. The molecule has 0 aromatic carbocycles. The van der Waals surface area contributed by atoms with Crippen LogP contribution in [0.5, 0.6) is 0 Å². The van der Waals surface area contributed by atoms with E-state index in [2.05, 4.69) is 53.4 Å². The van der Waals surface area contributed by atoms with Gasteiger partial charge in [0.25, 0.3) is 0 Å². The Hall–Kier alpha value is -1.20. The molecule has 17 heavy (non-hydrogen) atoms. The molecule has 0 aliphatic rings. The van der Waals surface area contributed by atoms with Gasteiger partial charge in [-0.05, 0) is 17.5 Å². The van der Waals surface area contributed by atoms with Crippen molar-refractivity contribution in [2.24, 2.45) is 0 Å². The van der Waals surface area contributed by atoms with Gasteiger partial charge >= 0.3 is 0 Å². The van der Waals surface area contributed by atoms with E-state index in [4.69, 9.17) is 0 Å². The van der Waals surface area contributed by atoms with Gasteiger partial charge in [0.1, 0.15) is 12.2 Å². The van der Waals surface area contributed by atoms with Crippen LogP contribution in [0, 0.1) is 0 Å². The Balaban J connectivity index is 1.85. The molecule has 0 aliphatic heterocycles. The Kier molecular flexibility index (Phi) is 3.59. The van der Waals surface area contributed by atoms with Gasteiger partial charge in [-0.2, -0.15) is 5.10 Å². The summed E-state index contributed by atoms with van der Waals surface area (Å²) in [5.41, 5.74) is 0.244. The molecule has 2 N–H and O–H groups in total. The van der Waals surface area contributed by atoms with Crippen LogP contribution >= 0.6 is 11.3 Å². The molecule has 4 nitrogen and oxygen atoms in total. The summed E-state index contributed by atoms with van der Waals surface area (Å²) in [7, 11) is 0. The standard InChI is InChI=1S/C12H18N4S/c1-12(2,3)10-5-4-9(17-10)6-13-7-11-14-8-15-16-11/h4-5,8,13H,6-7H2,1-3H3,(H,14,15,16). The van der Waals surface area contributed by atoms with Crippen molar-refractivity contribution < 1.29 is 0 Å². The number of nitrogens with zero attached hydrogens (tertiary/aromatic N) is 2. The summed E-state index contributed by atoms with van der Waals surface area (Å²) in [6.45, 7) is 8.32. The minimum atomic E-state index is 0.244. The lowest BCUT2D eigenvalue weighted by atomic mass is 9.95. The molecule has 0 bridgehead atoms. The van der Waals surface area contributed by atoms with Gasteiger partial charge in [-0.1, -0.05) is 20.8 Å². The van der Waals surface area contributed by atoms with E-state index in [9.17, 15) is 0 Å². The summed E-state index contributed by atoms with van der Waals surface area (Å²) >= 11 is 1.87. The summed E-state index contributed by atoms with van der Waals surface area (Å²) < 4.78 is 0. The Morgan fingerprint density at radius 1 is 1.29 bits per heavy atom. The molecule has 0 unspecified atom stereocenters. The molecule has 2 aromatic heterocycles. The third-order valence-electron chi connectivity index (χ3n) is 2.46. The van der Waals surface area contributed by atoms with Crippen LogP contribution in [0.1, 0.15) is 36.3 Å². The van der Waals surface area contributed by atoms with Crippen LogP contribution in [-0.4, -0.2) is 15.2 Å². The van der Waals surface area contributed by atoms with Crippen LogP contribution < -0.4 is 5.32 Å². The maximum Gasteiger partial charge on any atom is 0.138 e. The molecule has 2 aromatic rings. The van der Waals surface area contributed by atoms with E-state index in [1.54, 1.807) is 0 Å². The van der Waals surface area contributed by atoms with Gasteiger partial charge in [0.2, 0.25) is 0 Å². The van der Waals surface area contributed by atoms with Crippen molar-refractivity contribution in [3.8, 4) is 0 Å². The molecule has 0 aliphatic carbocycles. The summed E-state index contributed by atoms with van der Waals surface area (Å²) in [5, 5.41) is 9.99. The van der Waals surface area contributed by atoms with Crippen molar-refractivity contribution in [3.63, 3.8) is 0 Å². The predicted molar refractivity (Wildman–Crippen MR) is 69.9 cm³/mol. The Bertz CT molecular complexity index is 453. The highest BCUT2D eigenvalue weighted by Gasteiger charge is 2.15. The number of H-pyrrole nitrogens is 1. The molecule has 0 fully saturated rings. The summed E-state index contributed by atoms with van der Waals surface area (Å²) in [5.74, 6) is 0.873. The molecule has 0 spiro atoms. The number of aromatic amines is 1. The smallest absolute Gasteiger partial charge is 0.138 e. The highest BCUT2D eigenvalue weighted by Crippen LogP contribution is 2.29. The molecule has 0 atom stereocenters. The van der Waals surface area contributed by atoms with E-state index in [1.807, 2.05) is 11.3 Å². The molecule has 0 amide bonds. The number of hydrogen-bond acceptors (Lipinski definition) is 4. The maximum atomic E-state index is 4.07. The summed E-state index contributed by atoms with van der Waals surface area (Å²) in [6, 6.07) is 4.41. The molecule has 0 saturated heterocycles. The molecular formula is C12H18N4S. The van der Waals surface area contributed by atoms with Crippen LogP contribution in [-0.2, 0) is 18.5 Å². The quantitative estimate of drug-likeness (QED) is 0.876. The first-order chi connectivity index (χ1) is 8.05. The molecular weight excluding hydrogens is 232 g/mol. The first kappa shape index (κ1) is 12.3. The zero-order chi connectivity index (χ0) is 12.3. The lowest BCUT2D eigenvalue weighted by molar-refractivity contribution is 0.604. The normalized spacial score (nSPS) is 11.9. The molecule has 5 heteroatoms. The van der Waals surface area contributed by atoms with E-state index in [-0.39, 0.29) is 5.41 Å². The van der Waals surface area contributed by atoms with Crippen LogP contribution in [0.4, 0.5) is 0 Å². The molecule has 2 heterocycles. The zero-order valence-corrected chi connectivity index (χ0v) is 11.3. The van der Waals surface area contributed by atoms with Crippen molar-refractivity contribution in [2.45, 2.75) is 39.3 Å². The lowest BCUT2D eigenvalue weighted by Crippen LogP contribution is -2.13. The number of nitrogens with one attached hydrogen (secondary N) is 2. The number of thiophene rings is 1. The zero-order valence-electron chi connectivity index (χ0n) is 10.4. The van der Waals surface area contributed by atoms with Crippen LogP contribution in [0.2, 0.25) is 0 Å². The van der Waals surface area contributed by atoms with Crippen molar-refractivity contribution in [3.05, 3.63) is 34.0 Å². The fourth-order valence-corrected chi connectivity index (χ4v) is 2.53. The Morgan fingerprint density at radius 2 is 2.12 bits per heavy atom. The largest absolute Gasteiger partial charge is 0.305 e. The summed E-state index contributed by atoms with van der Waals surface area (Å²) in [4.78, 5) is 6.85. The predicted octanol–water partition coefficient (Wildman–Crippen LogP) is 2.45. The fourth-order valence-electron chi connectivity index (χ4n) is 1.50. The maximum absolute atomic E-state index is 4.07. The van der Waals surface area contributed by atoms with E-state index in [0.717, 1.165) is 18.9 Å². The van der Waals surface area contributed by atoms with E-state index >= 15 is 0 Å². The van der Waals surface area contributed by atoms with Gasteiger partial charge < -0.3 is 5.32 Å². The minimum Gasteiger partial charge on any atom is -0.305 e. The SMILES string of the molecule is CC(C)(C)c1ccc(CNCc2ncn[nH]2)s1. The van der Waals surface area contributed by atoms with Crippen molar-refractivity contribution >= 4 is 11.3 Å². The van der Waals surface area contributed by atoms with Crippen molar-refractivity contribution in [1.29, 1.82) is 0 Å². The van der Waals surface area contributed by atoms with Gasteiger partial charge in [-0.25, -0.2) is 4.98 Å². The first-order valence-corrected chi connectivity index (χ1v) is 6.51. The second kappa shape index (κ2) is 4.98. The van der Waals surface area contributed by atoms with E-state index in [1.165, 1.54) is 16.1 Å². The highest BCUT2D eigenvalue weighted by molar-refractivity contribution is 7.12. The number of hydrogen-bond donors (Lipinski definition) is 2. The molecule has 0 saturated carbocycles. The third kappa shape index (κ3) is 3.38. The summed E-state index contributed by atoms with van der Waals surface area (Å²) in [6.07, 6.45) is 1.53. The lowest BCUT2D eigenvalue weighted by Gasteiger charge is -2.15. The van der Waals surface area contributed by atoms with Crippen LogP contribution in [0.25, 0.3) is 0 Å². The molecule has 92 valence electrons. The number of rotatable bonds is 4. The van der Waals surface area contributed by atoms with Gasteiger partial charge in [0.05, 0.1) is 6.54 Å².